The zero-order valence-corrected chi connectivity index (χ0v) is 55.7. The minimum Gasteiger partial charge on any atom is -0.493 e. The number of likely N-dealkylation sites (N-methyl/N-ethyl adjacent to an activating group) is 1. The van der Waals surface area contributed by atoms with Gasteiger partial charge in [0.15, 0.2) is 40.0 Å². The van der Waals surface area contributed by atoms with E-state index in [2.05, 4.69) is 41.1 Å². The van der Waals surface area contributed by atoms with Gasteiger partial charge >= 0.3 is 23.9 Å². The predicted octanol–water partition coefficient (Wildman–Crippen LogP) is 15.3. The van der Waals surface area contributed by atoms with Crippen molar-refractivity contribution in [3.63, 3.8) is 0 Å². The second kappa shape index (κ2) is 32.6. The number of benzene rings is 3. The number of thioether (sulfide) groups is 1. The molecule has 1 N–H and O–H groups in total. The molecular formula is C72H102N4O12S. The van der Waals surface area contributed by atoms with Gasteiger partial charge < -0.3 is 37.9 Å². The molecule has 2 saturated heterocycles. The quantitative estimate of drug-likeness (QED) is 0.0345. The highest BCUT2D eigenvalue weighted by atomic mass is 32.2. The number of esters is 4. The van der Waals surface area contributed by atoms with Gasteiger partial charge in [-0.25, -0.2) is 4.79 Å². The minimum absolute atomic E-state index is 0.0848. The summed E-state index contributed by atoms with van der Waals surface area (Å²) < 4.78 is 50.6. The molecule has 2 fully saturated rings. The molecule has 1 spiro atoms. The Morgan fingerprint density at radius 2 is 1.25 bits per heavy atom. The monoisotopic (exact) mass is 1250 g/mol. The Balaban J connectivity index is 1.00. The van der Waals surface area contributed by atoms with Crippen LogP contribution in [0.3, 0.4) is 0 Å². The summed E-state index contributed by atoms with van der Waals surface area (Å²) in [5.41, 5.74) is 4.47. The van der Waals surface area contributed by atoms with Crippen molar-refractivity contribution in [2.75, 3.05) is 47.0 Å². The number of rotatable bonds is 33. The number of carbonyl (C=O) groups is 4. The number of carbonyl (C=O) groups excluding carboxylic acids is 4. The summed E-state index contributed by atoms with van der Waals surface area (Å²) in [6.07, 6.45) is 32.8. The largest absolute Gasteiger partial charge is 0.493 e. The van der Waals surface area contributed by atoms with Gasteiger partial charge in [0.05, 0.1) is 37.6 Å². The van der Waals surface area contributed by atoms with Crippen molar-refractivity contribution in [2.45, 2.75) is 268 Å². The lowest BCUT2D eigenvalue weighted by molar-refractivity contribution is -0.157. The van der Waals surface area contributed by atoms with Gasteiger partial charge in [0.2, 0.25) is 6.79 Å². The van der Waals surface area contributed by atoms with Crippen molar-refractivity contribution in [3.8, 4) is 46.3 Å². The first-order valence-electron chi connectivity index (χ1n) is 34.2. The van der Waals surface area contributed by atoms with Crippen LogP contribution in [0.2, 0.25) is 0 Å². The summed E-state index contributed by atoms with van der Waals surface area (Å²) in [5.74, 6) is 1.05. The summed E-state index contributed by atoms with van der Waals surface area (Å²) in [5, 5.41) is 14.6. The summed E-state index contributed by atoms with van der Waals surface area (Å²) in [4.78, 5) is 61.3. The number of methoxy groups -OCH3 is 2. The number of hydrogen-bond donors (Lipinski definition) is 1. The normalized spacial score (nSPS) is 22.3. The number of nitrogens with one attached hydrogen (secondary N) is 1. The zero-order valence-electron chi connectivity index (χ0n) is 54.9. The van der Waals surface area contributed by atoms with Crippen LogP contribution >= 0.6 is 11.8 Å². The molecule has 0 aliphatic carbocycles. The van der Waals surface area contributed by atoms with E-state index in [1.165, 1.54) is 148 Å². The summed E-state index contributed by atoms with van der Waals surface area (Å²) in [7, 11) is 5.18. The molecule has 4 bridgehead atoms. The number of hydrogen-bond acceptors (Lipinski definition) is 17. The molecule has 0 radical (unpaired) electrons. The van der Waals surface area contributed by atoms with Gasteiger partial charge in [-0.1, -0.05) is 174 Å². The molecular weight excluding hydrogens is 1140 g/mol. The van der Waals surface area contributed by atoms with Gasteiger partial charge in [0.25, 0.3) is 0 Å². The number of nitriles is 1. The van der Waals surface area contributed by atoms with Crippen molar-refractivity contribution >= 4 is 35.6 Å². The average molecular weight is 1250 g/mol. The van der Waals surface area contributed by atoms with E-state index >= 15 is 4.79 Å². The van der Waals surface area contributed by atoms with E-state index in [-0.39, 0.29) is 50.0 Å². The molecule has 1 unspecified atom stereocenters. The molecule has 0 saturated carbocycles. The fraction of sp³-hybridized carbons (Fsp3) is 0.681. The van der Waals surface area contributed by atoms with Crippen molar-refractivity contribution in [3.05, 3.63) is 62.7 Å². The second-order valence-corrected chi connectivity index (χ2v) is 27.1. The molecule has 3 aromatic rings. The fourth-order valence-corrected chi connectivity index (χ4v) is 16.9. The second-order valence-electron chi connectivity index (χ2n) is 26.0. The molecule has 0 aromatic heterocycles. The molecule has 7 heterocycles. The van der Waals surface area contributed by atoms with Gasteiger partial charge in [0, 0.05) is 66.4 Å². The van der Waals surface area contributed by atoms with Gasteiger partial charge in [-0.05, 0) is 81.0 Å². The Morgan fingerprint density at radius 1 is 0.674 bits per heavy atom. The maximum absolute atomic E-state index is 15.5. The Hall–Kier alpha value is -5.54. The third kappa shape index (κ3) is 15.4. The maximum Gasteiger partial charge on any atom is 0.331 e. The summed E-state index contributed by atoms with van der Waals surface area (Å²) in [6, 6.07) is 5.44. The number of ether oxygens (including phenoxy) is 8. The minimum atomic E-state index is -1.45. The highest BCUT2D eigenvalue weighted by Crippen LogP contribution is 2.65. The molecule has 7 atom stereocenters. The lowest BCUT2D eigenvalue weighted by Gasteiger charge is -2.62. The fourth-order valence-electron chi connectivity index (χ4n) is 15.2. The molecule has 3 aromatic carbocycles. The van der Waals surface area contributed by atoms with Crippen LogP contribution < -0.4 is 38.5 Å². The van der Waals surface area contributed by atoms with Crippen LogP contribution in [0, 0.1) is 25.2 Å². The Labute approximate surface area is 534 Å². The number of piperazine rings is 1. The lowest BCUT2D eigenvalue weighted by atomic mass is 9.71. The first-order valence-corrected chi connectivity index (χ1v) is 35.3. The Morgan fingerprint density at radius 3 is 1.81 bits per heavy atom. The molecule has 7 aliphatic heterocycles. The van der Waals surface area contributed by atoms with Crippen LogP contribution in [0.15, 0.2) is 18.2 Å². The van der Waals surface area contributed by atoms with E-state index in [1.54, 1.807) is 7.11 Å². The molecule has 7 aliphatic rings. The van der Waals surface area contributed by atoms with E-state index in [1.807, 2.05) is 33.0 Å². The summed E-state index contributed by atoms with van der Waals surface area (Å²) in [6.45, 7) is 9.82. The van der Waals surface area contributed by atoms with E-state index in [4.69, 9.17) is 37.9 Å². The van der Waals surface area contributed by atoms with Crippen molar-refractivity contribution < 1.29 is 57.1 Å². The third-order valence-electron chi connectivity index (χ3n) is 19.8. The average Bonchev–Trinajstić information content (AvgIpc) is 1.71. The van der Waals surface area contributed by atoms with Crippen LogP contribution in [0.25, 0.3) is 0 Å². The van der Waals surface area contributed by atoms with E-state index in [0.717, 1.165) is 60.8 Å². The van der Waals surface area contributed by atoms with Gasteiger partial charge in [0.1, 0.15) is 18.4 Å². The predicted molar refractivity (Wildman–Crippen MR) is 347 cm³/mol. The van der Waals surface area contributed by atoms with Crippen LogP contribution in [-0.2, 0) is 42.3 Å². The highest BCUT2D eigenvalue weighted by molar-refractivity contribution is 7.99. The van der Waals surface area contributed by atoms with Crippen LogP contribution in [0.1, 0.15) is 262 Å². The zero-order chi connectivity index (χ0) is 63.0. The van der Waals surface area contributed by atoms with Crippen molar-refractivity contribution in [1.29, 1.82) is 5.26 Å². The van der Waals surface area contributed by atoms with Gasteiger partial charge in [-0.15, -0.1) is 11.8 Å². The van der Waals surface area contributed by atoms with Gasteiger partial charge in [-0.2, -0.15) is 5.26 Å². The topological polar surface area (TPSA) is 184 Å². The van der Waals surface area contributed by atoms with Crippen molar-refractivity contribution in [1.82, 2.24) is 15.1 Å². The molecule has 0 amide bonds. The number of nitrogens with zero attached hydrogens (tertiary/aromatic N) is 3. The molecule has 10 rings (SSSR count). The van der Waals surface area contributed by atoms with Crippen LogP contribution in [-0.4, -0.2) is 98.8 Å². The third-order valence-corrected chi connectivity index (χ3v) is 21.3. The number of aryl methyl sites for hydroxylation is 1. The number of unbranched alkanes of at least 4 members (excludes halogenated alkanes) is 24. The van der Waals surface area contributed by atoms with E-state index in [0.29, 0.717) is 88.3 Å². The molecule has 16 nitrogen and oxygen atoms in total. The SMILES string of the molecule is CCCCCCCCCCCCCCCC(=O)Oc1cc2c(cc1OC)[C@@]1(CS[C@@H]3c4c(OC(C)=O)c(C)c5c(c4[C@H](COC1=O)N1C3[C@H]3c4c(cc(C)c(OC)c4OC(=O)CCCCCCCCCCCCCCC)C[C@@H]([C@@H]1C#N)N3C)OCO5)NCC2. The first kappa shape index (κ1) is 67.8. The maximum atomic E-state index is 15.5. The lowest BCUT2D eigenvalue weighted by Crippen LogP contribution is -2.69. The highest BCUT2D eigenvalue weighted by Gasteiger charge is 2.62. The molecule has 17 heteroatoms. The van der Waals surface area contributed by atoms with Crippen molar-refractivity contribution in [2.24, 2.45) is 0 Å². The van der Waals surface area contributed by atoms with E-state index in [9.17, 15) is 19.6 Å². The van der Waals surface area contributed by atoms with Crippen LogP contribution in [0.4, 0.5) is 0 Å². The molecule has 89 heavy (non-hydrogen) atoms. The van der Waals surface area contributed by atoms with E-state index < -0.39 is 46.9 Å². The first-order chi connectivity index (χ1) is 43.3. The summed E-state index contributed by atoms with van der Waals surface area (Å²) >= 11 is 1.50. The smallest absolute Gasteiger partial charge is 0.331 e. The Bertz CT molecular complexity index is 2980. The standard InChI is InChI=1S/C72H102N4O12S/c1-9-11-13-15-17-19-21-23-25-27-29-31-33-35-58(78)87-57-41-50-37-38-74-72(52(50)42-56(57)81-7)45-89-70-62-61(68-67(84-46-85-68)48(4)66(62)86-49(5)77)55(44-83-71(72)80)76-54(43-73)53-40-51-39-47(3)65(82-8)69(60(51)63(64(70)76)75(53)6)88-59(79)36-34-32-30-28-26-24-22-20-18-16-14-12-10-2/h39,41-42,53-55,63-64,70,74H,9-38,40,44-46H2,1-8H3/t53-,54-,55-,63+,64?,70+,72+/m0/s1. The Kier molecular flexibility index (Phi) is 24.9. The number of fused-ring (bicyclic) bond motifs is 9. The van der Waals surface area contributed by atoms with Gasteiger partial charge in [-0.3, -0.25) is 29.5 Å². The van der Waals surface area contributed by atoms with Crippen LogP contribution in [0.5, 0.6) is 40.2 Å². The molecule has 488 valence electrons.